The second-order valence-electron chi connectivity index (χ2n) is 5.68. The highest BCUT2D eigenvalue weighted by Crippen LogP contribution is 2.18. The third-order valence-corrected chi connectivity index (χ3v) is 3.97. The topological polar surface area (TPSA) is 75.5 Å². The first-order valence-electron chi connectivity index (χ1n) is 8.40. The number of nitro benzene ring substituents is 1. The average Bonchev–Trinajstić information content (AvgIpc) is 2.63. The number of carbonyl (C=O) groups is 1. The van der Waals surface area contributed by atoms with Crippen LogP contribution in [0.4, 0.5) is 11.4 Å². The van der Waals surface area contributed by atoms with E-state index >= 15 is 0 Å². The number of para-hydroxylation sites is 2. The molecule has 1 N–H and O–H groups in total. The summed E-state index contributed by atoms with van der Waals surface area (Å²) < 4.78 is 0. The van der Waals surface area contributed by atoms with E-state index in [4.69, 9.17) is 0 Å². The first-order valence-corrected chi connectivity index (χ1v) is 8.40. The minimum absolute atomic E-state index is 0.0149. The number of hydrogen-bond acceptors (Lipinski definition) is 4. The smallest absolute Gasteiger partial charge is 0.273 e. The number of amides is 1. The van der Waals surface area contributed by atoms with Gasteiger partial charge in [-0.15, -0.1) is 0 Å². The zero-order valence-electron chi connectivity index (χ0n) is 14.4. The predicted molar refractivity (Wildman–Crippen MR) is 98.8 cm³/mol. The Bertz CT molecular complexity index is 704. The van der Waals surface area contributed by atoms with Crippen LogP contribution < -0.4 is 10.2 Å². The van der Waals surface area contributed by atoms with Crippen LogP contribution in [-0.2, 0) is 11.2 Å². The van der Waals surface area contributed by atoms with Crippen molar-refractivity contribution in [3.63, 3.8) is 0 Å². The standard InChI is InChI=1S/C19H23N3O3/c1-2-21(17-10-4-3-5-11-17)14-8-13-20-19(23)15-16-9-6-7-12-18(16)22(24)25/h3-7,9-12H,2,8,13-15H2,1H3,(H,20,23). The molecule has 0 unspecified atom stereocenters. The number of nitrogens with zero attached hydrogens (tertiary/aromatic N) is 2. The molecule has 6 heteroatoms. The van der Waals surface area contributed by atoms with Crippen molar-refractivity contribution in [2.75, 3.05) is 24.5 Å². The van der Waals surface area contributed by atoms with E-state index in [0.29, 0.717) is 12.1 Å². The maximum atomic E-state index is 12.0. The van der Waals surface area contributed by atoms with Crippen molar-refractivity contribution >= 4 is 17.3 Å². The highest BCUT2D eigenvalue weighted by atomic mass is 16.6. The molecular weight excluding hydrogens is 318 g/mol. The van der Waals surface area contributed by atoms with Crippen molar-refractivity contribution in [2.45, 2.75) is 19.8 Å². The maximum absolute atomic E-state index is 12.0. The van der Waals surface area contributed by atoms with Crippen molar-refractivity contribution in [1.82, 2.24) is 5.32 Å². The van der Waals surface area contributed by atoms with E-state index in [2.05, 4.69) is 29.3 Å². The molecule has 0 saturated carbocycles. The number of benzene rings is 2. The number of nitro groups is 1. The fraction of sp³-hybridized carbons (Fsp3) is 0.316. The average molecular weight is 341 g/mol. The van der Waals surface area contributed by atoms with Gasteiger partial charge in [-0.25, -0.2) is 0 Å². The summed E-state index contributed by atoms with van der Waals surface area (Å²) in [7, 11) is 0. The summed E-state index contributed by atoms with van der Waals surface area (Å²) in [6.45, 7) is 4.38. The summed E-state index contributed by atoms with van der Waals surface area (Å²) in [6.07, 6.45) is 0.832. The van der Waals surface area contributed by atoms with Gasteiger partial charge in [0.15, 0.2) is 0 Å². The van der Waals surface area contributed by atoms with Crippen LogP contribution in [0.25, 0.3) is 0 Å². The van der Waals surface area contributed by atoms with Crippen molar-refractivity contribution < 1.29 is 9.72 Å². The van der Waals surface area contributed by atoms with Gasteiger partial charge in [-0.2, -0.15) is 0 Å². The molecule has 0 aliphatic carbocycles. The zero-order chi connectivity index (χ0) is 18.1. The molecule has 0 aliphatic rings. The molecule has 0 radical (unpaired) electrons. The Morgan fingerprint density at radius 2 is 1.80 bits per heavy atom. The van der Waals surface area contributed by atoms with Gasteiger partial charge in [-0.1, -0.05) is 36.4 Å². The van der Waals surface area contributed by atoms with Gasteiger partial charge in [0.2, 0.25) is 5.91 Å². The molecule has 0 saturated heterocycles. The molecule has 0 heterocycles. The van der Waals surface area contributed by atoms with Gasteiger partial charge >= 0.3 is 0 Å². The fourth-order valence-electron chi connectivity index (χ4n) is 2.68. The van der Waals surface area contributed by atoms with Crippen LogP contribution in [0, 0.1) is 10.1 Å². The summed E-state index contributed by atoms with van der Waals surface area (Å²) in [5.74, 6) is -0.197. The molecule has 2 rings (SSSR count). The lowest BCUT2D eigenvalue weighted by molar-refractivity contribution is -0.385. The highest BCUT2D eigenvalue weighted by Gasteiger charge is 2.15. The normalized spacial score (nSPS) is 10.3. The van der Waals surface area contributed by atoms with E-state index in [1.54, 1.807) is 18.2 Å². The van der Waals surface area contributed by atoms with Gasteiger partial charge in [0, 0.05) is 37.0 Å². The summed E-state index contributed by atoms with van der Waals surface area (Å²) >= 11 is 0. The lowest BCUT2D eigenvalue weighted by Gasteiger charge is -2.23. The van der Waals surface area contributed by atoms with E-state index in [9.17, 15) is 14.9 Å². The van der Waals surface area contributed by atoms with Crippen LogP contribution in [0.2, 0.25) is 0 Å². The zero-order valence-corrected chi connectivity index (χ0v) is 14.4. The summed E-state index contributed by atoms with van der Waals surface area (Å²) in [5, 5.41) is 13.8. The maximum Gasteiger partial charge on any atom is 0.273 e. The fourth-order valence-corrected chi connectivity index (χ4v) is 2.68. The molecular formula is C19H23N3O3. The van der Waals surface area contributed by atoms with Gasteiger partial charge in [0.1, 0.15) is 0 Å². The molecule has 1 amide bonds. The summed E-state index contributed by atoms with van der Waals surface area (Å²) in [5.41, 5.74) is 1.58. The molecule has 6 nitrogen and oxygen atoms in total. The molecule has 0 aromatic heterocycles. The molecule has 2 aromatic carbocycles. The molecule has 0 atom stereocenters. The largest absolute Gasteiger partial charge is 0.372 e. The number of carbonyl (C=O) groups excluding carboxylic acids is 1. The number of rotatable bonds is 9. The minimum Gasteiger partial charge on any atom is -0.372 e. The van der Waals surface area contributed by atoms with Crippen molar-refractivity contribution in [3.05, 3.63) is 70.3 Å². The molecule has 25 heavy (non-hydrogen) atoms. The van der Waals surface area contributed by atoms with Crippen LogP contribution in [-0.4, -0.2) is 30.5 Å². The third kappa shape index (κ3) is 5.60. The van der Waals surface area contributed by atoms with Gasteiger partial charge < -0.3 is 10.2 Å². The van der Waals surface area contributed by atoms with Crippen molar-refractivity contribution in [2.24, 2.45) is 0 Å². The molecule has 0 spiro atoms. The van der Waals surface area contributed by atoms with Crippen LogP contribution in [0.15, 0.2) is 54.6 Å². The monoisotopic (exact) mass is 341 g/mol. The lowest BCUT2D eigenvalue weighted by Crippen LogP contribution is -2.30. The number of nitrogens with one attached hydrogen (secondary N) is 1. The molecule has 132 valence electrons. The summed E-state index contributed by atoms with van der Waals surface area (Å²) in [4.78, 5) is 24.8. The van der Waals surface area contributed by atoms with Crippen LogP contribution >= 0.6 is 0 Å². The number of hydrogen-bond donors (Lipinski definition) is 1. The Morgan fingerprint density at radius 1 is 1.12 bits per heavy atom. The van der Waals surface area contributed by atoms with Gasteiger partial charge in [-0.05, 0) is 25.5 Å². The minimum atomic E-state index is -0.457. The Balaban J connectivity index is 1.78. The predicted octanol–water partition coefficient (Wildman–Crippen LogP) is 3.17. The molecule has 2 aromatic rings. The van der Waals surface area contributed by atoms with Gasteiger partial charge in [0.25, 0.3) is 5.69 Å². The lowest BCUT2D eigenvalue weighted by atomic mass is 10.1. The van der Waals surface area contributed by atoms with Crippen molar-refractivity contribution in [3.8, 4) is 0 Å². The quantitative estimate of drug-likeness (QED) is 0.432. The van der Waals surface area contributed by atoms with E-state index < -0.39 is 4.92 Å². The molecule has 0 fully saturated rings. The first kappa shape index (κ1) is 18.4. The second-order valence-corrected chi connectivity index (χ2v) is 5.68. The van der Waals surface area contributed by atoms with Gasteiger partial charge in [-0.3, -0.25) is 14.9 Å². The molecule has 0 bridgehead atoms. The molecule has 0 aliphatic heterocycles. The second kappa shape index (κ2) is 9.42. The first-order chi connectivity index (χ1) is 12.1. The highest BCUT2D eigenvalue weighted by molar-refractivity contribution is 5.79. The number of anilines is 1. The van der Waals surface area contributed by atoms with E-state index in [0.717, 1.165) is 25.2 Å². The Hall–Kier alpha value is -2.89. The Morgan fingerprint density at radius 3 is 2.48 bits per heavy atom. The van der Waals surface area contributed by atoms with E-state index in [1.165, 1.54) is 6.07 Å². The van der Waals surface area contributed by atoms with Crippen molar-refractivity contribution in [1.29, 1.82) is 0 Å². The Labute approximate surface area is 147 Å². The van der Waals surface area contributed by atoms with E-state index in [1.807, 2.05) is 18.2 Å². The third-order valence-electron chi connectivity index (χ3n) is 3.97. The SMILES string of the molecule is CCN(CCCNC(=O)Cc1ccccc1[N+](=O)[O-])c1ccccc1. The van der Waals surface area contributed by atoms with E-state index in [-0.39, 0.29) is 18.0 Å². The van der Waals surface area contributed by atoms with Crippen LogP contribution in [0.5, 0.6) is 0 Å². The van der Waals surface area contributed by atoms with Crippen LogP contribution in [0.3, 0.4) is 0 Å². The van der Waals surface area contributed by atoms with Gasteiger partial charge in [0.05, 0.1) is 11.3 Å². The Kier molecular flexibility index (Phi) is 6.95. The summed E-state index contributed by atoms with van der Waals surface area (Å²) in [6, 6.07) is 16.5. The van der Waals surface area contributed by atoms with Crippen LogP contribution in [0.1, 0.15) is 18.9 Å².